The standard InChI is InChI=1S/C14H18ClNOS/c1-9(14(17)12-6-7-13(15)18-12)16(11-4-5-11)8-10-2-3-10/h6-7,9-11H,2-5,8H2,1H3. The molecule has 0 bridgehead atoms. The molecule has 1 aromatic heterocycles. The van der Waals surface area contributed by atoms with E-state index in [2.05, 4.69) is 11.8 Å². The van der Waals surface area contributed by atoms with E-state index in [-0.39, 0.29) is 11.8 Å². The summed E-state index contributed by atoms with van der Waals surface area (Å²) in [7, 11) is 0. The lowest BCUT2D eigenvalue weighted by Crippen LogP contribution is -2.41. The minimum absolute atomic E-state index is 0.00724. The third-order valence-corrected chi connectivity index (χ3v) is 5.12. The molecule has 0 saturated heterocycles. The molecule has 4 heteroatoms. The lowest BCUT2D eigenvalue weighted by molar-refractivity contribution is 0.0823. The number of carbonyl (C=O) groups excluding carboxylic acids is 1. The van der Waals surface area contributed by atoms with E-state index in [1.165, 1.54) is 37.0 Å². The second-order valence-corrected chi connectivity index (χ2v) is 7.23. The van der Waals surface area contributed by atoms with Gasteiger partial charge in [-0.1, -0.05) is 11.6 Å². The maximum atomic E-state index is 12.4. The van der Waals surface area contributed by atoms with Crippen molar-refractivity contribution >= 4 is 28.7 Å². The fourth-order valence-corrected chi connectivity index (χ4v) is 3.50. The van der Waals surface area contributed by atoms with E-state index < -0.39 is 0 Å². The third kappa shape index (κ3) is 2.79. The van der Waals surface area contributed by atoms with E-state index in [1.54, 1.807) is 0 Å². The van der Waals surface area contributed by atoms with Gasteiger partial charge in [0.05, 0.1) is 15.3 Å². The Kier molecular flexibility index (Phi) is 3.48. The van der Waals surface area contributed by atoms with Crippen LogP contribution in [0.5, 0.6) is 0 Å². The lowest BCUT2D eigenvalue weighted by atomic mass is 10.1. The molecule has 2 nitrogen and oxygen atoms in total. The average Bonchev–Trinajstić information content (AvgIpc) is 3.24. The summed E-state index contributed by atoms with van der Waals surface area (Å²) in [5.41, 5.74) is 0. The average molecular weight is 284 g/mol. The first kappa shape index (κ1) is 12.6. The van der Waals surface area contributed by atoms with Crippen LogP contribution in [0.1, 0.15) is 42.3 Å². The van der Waals surface area contributed by atoms with Crippen LogP contribution in [0.3, 0.4) is 0 Å². The van der Waals surface area contributed by atoms with Crippen LogP contribution in [0, 0.1) is 5.92 Å². The Morgan fingerprint density at radius 3 is 2.67 bits per heavy atom. The summed E-state index contributed by atoms with van der Waals surface area (Å²) in [5, 5.41) is 0. The molecule has 0 radical (unpaired) electrons. The molecule has 1 atom stereocenters. The summed E-state index contributed by atoms with van der Waals surface area (Å²) in [6, 6.07) is 4.33. The summed E-state index contributed by atoms with van der Waals surface area (Å²) in [4.78, 5) is 15.7. The summed E-state index contributed by atoms with van der Waals surface area (Å²) in [6.45, 7) is 3.16. The molecule has 0 aromatic carbocycles. The van der Waals surface area contributed by atoms with Gasteiger partial charge < -0.3 is 0 Å². The van der Waals surface area contributed by atoms with Gasteiger partial charge in [-0.15, -0.1) is 11.3 Å². The second kappa shape index (κ2) is 4.95. The van der Waals surface area contributed by atoms with Crippen molar-refractivity contribution < 1.29 is 4.79 Å². The fourth-order valence-electron chi connectivity index (χ4n) is 2.43. The summed E-state index contributed by atoms with van der Waals surface area (Å²) < 4.78 is 0.700. The Hall–Kier alpha value is -0.380. The normalized spacial score (nSPS) is 21.3. The van der Waals surface area contributed by atoms with Crippen LogP contribution in [-0.2, 0) is 0 Å². The SMILES string of the molecule is CC(C(=O)c1ccc(Cl)s1)N(CC1CC1)C1CC1. The maximum Gasteiger partial charge on any atom is 0.189 e. The molecule has 1 aromatic rings. The van der Waals surface area contributed by atoms with E-state index >= 15 is 0 Å². The Morgan fingerprint density at radius 1 is 1.44 bits per heavy atom. The molecule has 98 valence electrons. The van der Waals surface area contributed by atoms with E-state index in [4.69, 9.17) is 11.6 Å². The zero-order chi connectivity index (χ0) is 12.7. The number of hydrogen-bond donors (Lipinski definition) is 0. The van der Waals surface area contributed by atoms with E-state index in [9.17, 15) is 4.79 Å². The van der Waals surface area contributed by atoms with Crippen molar-refractivity contribution in [2.24, 2.45) is 5.92 Å². The molecule has 1 unspecified atom stereocenters. The van der Waals surface area contributed by atoms with Gasteiger partial charge >= 0.3 is 0 Å². The van der Waals surface area contributed by atoms with Gasteiger partial charge in [0, 0.05) is 12.6 Å². The van der Waals surface area contributed by atoms with Crippen LogP contribution in [0.2, 0.25) is 4.34 Å². The first-order valence-electron chi connectivity index (χ1n) is 6.70. The molecule has 1 heterocycles. The number of carbonyl (C=O) groups is 1. The fraction of sp³-hybridized carbons (Fsp3) is 0.643. The molecular formula is C14H18ClNOS. The van der Waals surface area contributed by atoms with E-state index in [0.717, 1.165) is 17.3 Å². The topological polar surface area (TPSA) is 20.3 Å². The van der Waals surface area contributed by atoms with E-state index in [0.29, 0.717) is 10.4 Å². The van der Waals surface area contributed by atoms with Gasteiger partial charge in [0.1, 0.15) is 0 Å². The van der Waals surface area contributed by atoms with Gasteiger partial charge in [-0.05, 0) is 50.7 Å². The van der Waals surface area contributed by atoms with Crippen molar-refractivity contribution in [2.75, 3.05) is 6.54 Å². The van der Waals surface area contributed by atoms with Crippen LogP contribution < -0.4 is 0 Å². The maximum absolute atomic E-state index is 12.4. The number of hydrogen-bond acceptors (Lipinski definition) is 3. The first-order valence-corrected chi connectivity index (χ1v) is 7.90. The van der Waals surface area contributed by atoms with Crippen molar-refractivity contribution in [3.8, 4) is 0 Å². The number of halogens is 1. The number of thiophene rings is 1. The summed E-state index contributed by atoms with van der Waals surface area (Å²) >= 11 is 7.31. The van der Waals surface area contributed by atoms with E-state index in [1.807, 2.05) is 12.1 Å². The Bertz CT molecular complexity index is 450. The van der Waals surface area contributed by atoms with Crippen LogP contribution in [0.4, 0.5) is 0 Å². The second-order valence-electron chi connectivity index (χ2n) is 5.52. The number of rotatable bonds is 6. The molecule has 2 fully saturated rings. The van der Waals surface area contributed by atoms with Crippen LogP contribution >= 0.6 is 22.9 Å². The van der Waals surface area contributed by atoms with Crippen LogP contribution in [0.15, 0.2) is 12.1 Å². The van der Waals surface area contributed by atoms with Gasteiger partial charge in [0.2, 0.25) is 0 Å². The molecule has 18 heavy (non-hydrogen) atoms. The van der Waals surface area contributed by atoms with Crippen molar-refractivity contribution in [2.45, 2.75) is 44.7 Å². The van der Waals surface area contributed by atoms with Gasteiger partial charge in [-0.25, -0.2) is 0 Å². The third-order valence-electron chi connectivity index (χ3n) is 3.87. The Labute approximate surface area is 117 Å². The predicted molar refractivity (Wildman–Crippen MR) is 75.6 cm³/mol. The van der Waals surface area contributed by atoms with Gasteiger partial charge in [0.25, 0.3) is 0 Å². The molecule has 0 amide bonds. The van der Waals surface area contributed by atoms with Crippen LogP contribution in [0.25, 0.3) is 0 Å². The van der Waals surface area contributed by atoms with Gasteiger partial charge in [-0.3, -0.25) is 9.69 Å². The number of nitrogens with zero attached hydrogens (tertiary/aromatic N) is 1. The zero-order valence-electron chi connectivity index (χ0n) is 10.6. The predicted octanol–water partition coefficient (Wildman–Crippen LogP) is 3.85. The molecule has 0 spiro atoms. The lowest BCUT2D eigenvalue weighted by Gasteiger charge is -2.27. The molecule has 3 rings (SSSR count). The van der Waals surface area contributed by atoms with Crippen molar-refractivity contribution in [1.82, 2.24) is 4.90 Å². The Morgan fingerprint density at radius 2 is 2.17 bits per heavy atom. The quantitative estimate of drug-likeness (QED) is 0.739. The van der Waals surface area contributed by atoms with Gasteiger partial charge in [-0.2, -0.15) is 0 Å². The molecule has 0 N–H and O–H groups in total. The van der Waals surface area contributed by atoms with Crippen molar-refractivity contribution in [3.05, 3.63) is 21.3 Å². The smallest absolute Gasteiger partial charge is 0.189 e. The summed E-state index contributed by atoms with van der Waals surface area (Å²) in [6.07, 6.45) is 5.20. The van der Waals surface area contributed by atoms with Crippen LogP contribution in [-0.4, -0.2) is 29.3 Å². The zero-order valence-corrected chi connectivity index (χ0v) is 12.1. The number of ketones is 1. The number of Topliss-reactive ketones (excluding diaryl/α,β-unsaturated/α-hetero) is 1. The Balaban J connectivity index is 1.70. The molecular weight excluding hydrogens is 266 g/mol. The first-order chi connectivity index (χ1) is 8.65. The minimum atomic E-state index is 0.00724. The highest BCUT2D eigenvalue weighted by molar-refractivity contribution is 7.18. The molecule has 2 aliphatic carbocycles. The summed E-state index contributed by atoms with van der Waals surface area (Å²) in [5.74, 6) is 1.08. The molecule has 0 aliphatic heterocycles. The molecule has 2 saturated carbocycles. The highest BCUT2D eigenvalue weighted by atomic mass is 35.5. The monoisotopic (exact) mass is 283 g/mol. The van der Waals surface area contributed by atoms with Gasteiger partial charge in [0.15, 0.2) is 5.78 Å². The highest BCUT2D eigenvalue weighted by Gasteiger charge is 2.38. The van der Waals surface area contributed by atoms with Crippen molar-refractivity contribution in [3.63, 3.8) is 0 Å². The largest absolute Gasteiger partial charge is 0.291 e. The molecule has 2 aliphatic rings. The van der Waals surface area contributed by atoms with Crippen molar-refractivity contribution in [1.29, 1.82) is 0 Å². The minimum Gasteiger partial charge on any atom is -0.291 e. The highest BCUT2D eigenvalue weighted by Crippen LogP contribution is 2.36.